The van der Waals surface area contributed by atoms with E-state index in [9.17, 15) is 14.4 Å². The molecule has 7 nitrogen and oxygen atoms in total. The number of aromatic nitrogens is 2. The lowest BCUT2D eigenvalue weighted by atomic mass is 10.0. The molecule has 1 unspecified atom stereocenters. The van der Waals surface area contributed by atoms with Crippen molar-refractivity contribution in [3.63, 3.8) is 0 Å². The van der Waals surface area contributed by atoms with Crippen LogP contribution in [-0.2, 0) is 4.79 Å². The van der Waals surface area contributed by atoms with Gasteiger partial charge in [0.2, 0.25) is 5.91 Å². The first-order chi connectivity index (χ1) is 17.4. The third-order valence-corrected chi connectivity index (χ3v) is 6.86. The van der Waals surface area contributed by atoms with Gasteiger partial charge < -0.3 is 5.32 Å². The van der Waals surface area contributed by atoms with Crippen LogP contribution in [0.25, 0.3) is 21.8 Å². The minimum absolute atomic E-state index is 0.0947. The fourth-order valence-corrected chi connectivity index (χ4v) is 5.10. The number of thiazole rings is 1. The number of anilines is 1. The zero-order valence-electron chi connectivity index (χ0n) is 19.8. The van der Waals surface area contributed by atoms with Gasteiger partial charge in [0.25, 0.3) is 11.8 Å². The van der Waals surface area contributed by atoms with Crippen molar-refractivity contribution in [1.82, 2.24) is 14.9 Å². The van der Waals surface area contributed by atoms with Gasteiger partial charge in [-0.2, -0.15) is 0 Å². The number of carbonyl (C=O) groups excluding carboxylic acids is 3. The van der Waals surface area contributed by atoms with Gasteiger partial charge in [0, 0.05) is 34.6 Å². The van der Waals surface area contributed by atoms with Crippen molar-refractivity contribution in [3.8, 4) is 21.8 Å². The van der Waals surface area contributed by atoms with Gasteiger partial charge in [0.1, 0.15) is 11.0 Å². The lowest BCUT2D eigenvalue weighted by Gasteiger charge is -2.26. The van der Waals surface area contributed by atoms with Crippen LogP contribution in [-0.4, -0.2) is 38.6 Å². The number of fused-ring (bicyclic) bond motifs is 1. The van der Waals surface area contributed by atoms with Crippen LogP contribution < -0.4 is 5.32 Å². The average molecular weight is 497 g/mol. The molecule has 2 aromatic heterocycles. The fourth-order valence-electron chi connectivity index (χ4n) is 4.28. The Balaban J connectivity index is 1.38. The summed E-state index contributed by atoms with van der Waals surface area (Å²) >= 11 is 1.52. The van der Waals surface area contributed by atoms with Crippen LogP contribution in [0.1, 0.15) is 41.0 Å². The fraction of sp³-hybridized carbons (Fsp3) is 0.179. The second-order valence-electron chi connectivity index (χ2n) is 9.02. The van der Waals surface area contributed by atoms with Gasteiger partial charge >= 0.3 is 0 Å². The molecule has 2 aromatic carbocycles. The summed E-state index contributed by atoms with van der Waals surface area (Å²) in [6.45, 7) is 3.92. The molecule has 8 heteroatoms. The Morgan fingerprint density at radius 1 is 0.972 bits per heavy atom. The number of amides is 3. The van der Waals surface area contributed by atoms with Crippen molar-refractivity contribution in [2.75, 3.05) is 5.32 Å². The molecule has 36 heavy (non-hydrogen) atoms. The van der Waals surface area contributed by atoms with Crippen LogP contribution in [0.5, 0.6) is 0 Å². The molecule has 1 aliphatic rings. The van der Waals surface area contributed by atoms with E-state index in [1.165, 1.54) is 11.3 Å². The number of hydrogen-bond acceptors (Lipinski definition) is 6. The summed E-state index contributed by atoms with van der Waals surface area (Å²) in [4.78, 5) is 49.5. The van der Waals surface area contributed by atoms with Gasteiger partial charge in [-0.05, 0) is 48.7 Å². The number of rotatable bonds is 7. The molecule has 0 bridgehead atoms. The van der Waals surface area contributed by atoms with E-state index in [0.29, 0.717) is 23.2 Å². The van der Waals surface area contributed by atoms with Gasteiger partial charge in [0.15, 0.2) is 0 Å². The van der Waals surface area contributed by atoms with Gasteiger partial charge in [-0.1, -0.05) is 38.1 Å². The molecule has 0 spiro atoms. The summed E-state index contributed by atoms with van der Waals surface area (Å²) in [5.74, 6) is -1.17. The smallest absolute Gasteiger partial charge is 0.262 e. The largest absolute Gasteiger partial charge is 0.324 e. The highest BCUT2D eigenvalue weighted by atomic mass is 32.1. The number of hydrogen-bond donors (Lipinski definition) is 1. The van der Waals surface area contributed by atoms with Crippen molar-refractivity contribution in [1.29, 1.82) is 0 Å². The van der Waals surface area contributed by atoms with Gasteiger partial charge in [0.05, 0.1) is 16.8 Å². The Bertz CT molecular complexity index is 1410. The van der Waals surface area contributed by atoms with Gasteiger partial charge in [-0.25, -0.2) is 4.98 Å². The molecule has 3 amide bonds. The van der Waals surface area contributed by atoms with Crippen LogP contribution in [0.2, 0.25) is 0 Å². The number of carbonyl (C=O) groups is 3. The SMILES string of the molecule is CC(C)CC(C(=O)Nc1cccc(-c2csc(-c3cccnc3)n2)c1)N1C(=O)c2ccccc2C1=O. The van der Waals surface area contributed by atoms with Crippen molar-refractivity contribution in [2.24, 2.45) is 5.92 Å². The topological polar surface area (TPSA) is 92.3 Å². The van der Waals surface area contributed by atoms with Crippen LogP contribution in [0, 0.1) is 5.92 Å². The molecule has 0 fully saturated rings. The van der Waals surface area contributed by atoms with E-state index < -0.39 is 23.8 Å². The number of nitrogens with one attached hydrogen (secondary N) is 1. The van der Waals surface area contributed by atoms with Crippen LogP contribution in [0.15, 0.2) is 78.4 Å². The summed E-state index contributed by atoms with van der Waals surface area (Å²) in [7, 11) is 0. The average Bonchev–Trinajstić information content (AvgIpc) is 3.47. The summed E-state index contributed by atoms with van der Waals surface area (Å²) in [5, 5.41) is 5.74. The highest BCUT2D eigenvalue weighted by molar-refractivity contribution is 7.13. The third kappa shape index (κ3) is 4.55. The highest BCUT2D eigenvalue weighted by Crippen LogP contribution is 2.31. The first-order valence-electron chi connectivity index (χ1n) is 11.7. The molecule has 5 rings (SSSR count). The zero-order valence-corrected chi connectivity index (χ0v) is 20.7. The maximum absolute atomic E-state index is 13.4. The summed E-state index contributed by atoms with van der Waals surface area (Å²) in [5.41, 5.74) is 3.81. The molecular formula is C28H24N4O3S. The van der Waals surface area contributed by atoms with Crippen LogP contribution in [0.3, 0.4) is 0 Å². The van der Waals surface area contributed by atoms with E-state index in [4.69, 9.17) is 4.98 Å². The molecule has 3 heterocycles. The Morgan fingerprint density at radius 2 is 1.69 bits per heavy atom. The maximum Gasteiger partial charge on any atom is 0.262 e. The summed E-state index contributed by atoms with van der Waals surface area (Å²) in [6.07, 6.45) is 3.85. The maximum atomic E-state index is 13.4. The summed E-state index contributed by atoms with van der Waals surface area (Å²) < 4.78 is 0. The second-order valence-corrected chi connectivity index (χ2v) is 9.88. The monoisotopic (exact) mass is 496 g/mol. The quantitative estimate of drug-likeness (QED) is 0.340. The Labute approximate surface area is 212 Å². The first kappa shape index (κ1) is 23.6. The van der Waals surface area contributed by atoms with Gasteiger partial charge in [-0.15, -0.1) is 11.3 Å². The number of pyridine rings is 1. The lowest BCUT2D eigenvalue weighted by molar-refractivity contribution is -0.120. The molecule has 1 aliphatic heterocycles. The van der Waals surface area contributed by atoms with E-state index in [0.717, 1.165) is 26.7 Å². The molecule has 1 atom stereocenters. The lowest BCUT2D eigenvalue weighted by Crippen LogP contribution is -2.47. The Morgan fingerprint density at radius 3 is 2.36 bits per heavy atom. The van der Waals surface area contributed by atoms with E-state index in [-0.39, 0.29) is 5.92 Å². The van der Waals surface area contributed by atoms with Crippen molar-refractivity contribution in [2.45, 2.75) is 26.3 Å². The summed E-state index contributed by atoms with van der Waals surface area (Å²) in [6, 6.07) is 17.0. The highest BCUT2D eigenvalue weighted by Gasteiger charge is 2.42. The van der Waals surface area contributed by atoms with Crippen molar-refractivity contribution < 1.29 is 14.4 Å². The second kappa shape index (κ2) is 9.83. The molecule has 0 saturated carbocycles. The third-order valence-electron chi connectivity index (χ3n) is 5.97. The number of imide groups is 1. The molecule has 0 saturated heterocycles. The molecule has 0 radical (unpaired) electrons. The Kier molecular flexibility index (Phi) is 6.43. The Hall–Kier alpha value is -4.17. The molecule has 180 valence electrons. The van der Waals surface area contributed by atoms with Crippen LogP contribution in [0.4, 0.5) is 5.69 Å². The predicted octanol–water partition coefficient (Wildman–Crippen LogP) is 5.52. The van der Waals surface area contributed by atoms with E-state index in [1.54, 1.807) is 42.7 Å². The van der Waals surface area contributed by atoms with E-state index >= 15 is 0 Å². The zero-order chi connectivity index (χ0) is 25.2. The minimum atomic E-state index is -0.919. The van der Waals surface area contributed by atoms with Crippen molar-refractivity contribution in [3.05, 3.63) is 89.6 Å². The number of benzene rings is 2. The number of nitrogens with zero attached hydrogens (tertiary/aromatic N) is 3. The van der Waals surface area contributed by atoms with Gasteiger partial charge in [-0.3, -0.25) is 24.3 Å². The van der Waals surface area contributed by atoms with Crippen LogP contribution >= 0.6 is 11.3 Å². The first-order valence-corrected chi connectivity index (χ1v) is 12.5. The van der Waals surface area contributed by atoms with E-state index in [2.05, 4.69) is 10.3 Å². The van der Waals surface area contributed by atoms with Crippen molar-refractivity contribution >= 4 is 34.7 Å². The minimum Gasteiger partial charge on any atom is -0.324 e. The normalized spacial score (nSPS) is 13.7. The molecule has 0 aliphatic carbocycles. The predicted molar refractivity (Wildman–Crippen MR) is 140 cm³/mol. The standard InChI is InChI=1S/C28H24N4O3S/c1-17(2)13-24(32-27(34)21-10-3-4-11-22(21)28(32)35)25(33)30-20-9-5-7-18(14-20)23-16-36-26(31-23)19-8-6-12-29-15-19/h3-12,14-17,24H,13H2,1-2H3,(H,30,33). The molecule has 1 N–H and O–H groups in total. The molecule has 4 aromatic rings. The molecular weight excluding hydrogens is 472 g/mol. The van der Waals surface area contributed by atoms with E-state index in [1.807, 2.05) is 49.6 Å².